The number of pyridine rings is 1. The molecule has 0 radical (unpaired) electrons. The third kappa shape index (κ3) is 3.26. The highest BCUT2D eigenvalue weighted by Crippen LogP contribution is 2.30. The number of rotatable bonds is 4. The summed E-state index contributed by atoms with van der Waals surface area (Å²) in [4.78, 5) is 16.1. The number of halogens is 2. The summed E-state index contributed by atoms with van der Waals surface area (Å²) < 4.78 is 10.8. The number of hydrogen-bond acceptors (Lipinski definition) is 4. The molecule has 5 nitrogen and oxygen atoms in total. The Morgan fingerprint density at radius 2 is 2.27 bits per heavy atom. The van der Waals surface area contributed by atoms with Gasteiger partial charge in [-0.05, 0) is 30.3 Å². The van der Waals surface area contributed by atoms with Crippen molar-refractivity contribution in [2.45, 2.75) is 6.04 Å². The zero-order valence-electron chi connectivity index (χ0n) is 11.4. The number of hydrogen-bond donors (Lipinski definition) is 1. The Bertz CT molecular complexity index is 709. The Hall–Kier alpha value is -1.98. The van der Waals surface area contributed by atoms with Gasteiger partial charge in [0, 0.05) is 16.8 Å². The number of ether oxygens (including phenoxy) is 2. The fourth-order valence-electron chi connectivity index (χ4n) is 2.13. The summed E-state index contributed by atoms with van der Waals surface area (Å²) in [5, 5.41) is 3.71. The zero-order chi connectivity index (χ0) is 15.5. The lowest BCUT2D eigenvalue weighted by atomic mass is 10.1. The van der Waals surface area contributed by atoms with Crippen LogP contribution in [-0.4, -0.2) is 24.1 Å². The Balaban J connectivity index is 1.57. The third-order valence-electron chi connectivity index (χ3n) is 3.15. The molecule has 0 fully saturated rings. The number of nitrogens with one attached hydrogen (secondary N) is 1. The summed E-state index contributed by atoms with van der Waals surface area (Å²) >= 11 is 11.8. The number of carbonyl (C=O) groups excluding carboxylic acids is 1. The van der Waals surface area contributed by atoms with Gasteiger partial charge in [-0.1, -0.05) is 23.2 Å². The second kappa shape index (κ2) is 6.42. The van der Waals surface area contributed by atoms with E-state index >= 15 is 0 Å². The Labute approximate surface area is 137 Å². The van der Waals surface area contributed by atoms with Crippen molar-refractivity contribution in [3.05, 3.63) is 52.1 Å². The topological polar surface area (TPSA) is 60.5 Å². The van der Waals surface area contributed by atoms with Crippen LogP contribution in [0.3, 0.4) is 0 Å². The Morgan fingerprint density at radius 3 is 3.09 bits per heavy atom. The van der Waals surface area contributed by atoms with Crippen LogP contribution in [0.5, 0.6) is 11.6 Å². The van der Waals surface area contributed by atoms with E-state index in [2.05, 4.69) is 10.3 Å². The molecule has 0 bridgehead atoms. The normalized spacial score (nSPS) is 15.8. The number of amides is 1. The van der Waals surface area contributed by atoms with Crippen molar-refractivity contribution in [2.75, 3.05) is 13.2 Å². The molecule has 1 atom stereocenters. The van der Waals surface area contributed by atoms with Gasteiger partial charge in [0.15, 0.2) is 6.61 Å². The first-order chi connectivity index (χ1) is 10.6. The van der Waals surface area contributed by atoms with Gasteiger partial charge >= 0.3 is 0 Å². The monoisotopic (exact) mass is 338 g/mol. The third-order valence-corrected chi connectivity index (χ3v) is 3.68. The van der Waals surface area contributed by atoms with Gasteiger partial charge in [-0.2, -0.15) is 0 Å². The van der Waals surface area contributed by atoms with Crippen molar-refractivity contribution in [3.8, 4) is 11.6 Å². The molecule has 1 aromatic heterocycles. The molecular weight excluding hydrogens is 327 g/mol. The van der Waals surface area contributed by atoms with Crippen molar-refractivity contribution >= 4 is 29.1 Å². The molecule has 1 unspecified atom stereocenters. The average molecular weight is 339 g/mol. The van der Waals surface area contributed by atoms with Crippen molar-refractivity contribution in [3.63, 3.8) is 0 Å². The highest BCUT2D eigenvalue weighted by atomic mass is 35.5. The average Bonchev–Trinajstić information content (AvgIpc) is 2.90. The molecule has 1 aromatic carbocycles. The number of carbonyl (C=O) groups is 1. The van der Waals surface area contributed by atoms with Gasteiger partial charge in [-0.25, -0.2) is 4.98 Å². The highest BCUT2D eigenvalue weighted by molar-refractivity contribution is 6.35. The lowest BCUT2D eigenvalue weighted by Gasteiger charge is -2.12. The minimum absolute atomic E-state index is 0.145. The van der Waals surface area contributed by atoms with Gasteiger partial charge < -0.3 is 14.8 Å². The van der Waals surface area contributed by atoms with E-state index in [1.807, 2.05) is 6.07 Å². The minimum Gasteiger partial charge on any atom is -0.482 e. The van der Waals surface area contributed by atoms with Crippen molar-refractivity contribution in [1.82, 2.24) is 10.3 Å². The summed E-state index contributed by atoms with van der Waals surface area (Å²) in [5.41, 5.74) is 0.861. The number of fused-ring (bicyclic) bond motifs is 1. The Kier molecular flexibility index (Phi) is 4.36. The van der Waals surface area contributed by atoms with E-state index in [0.717, 1.165) is 5.56 Å². The van der Waals surface area contributed by atoms with E-state index in [0.29, 0.717) is 28.3 Å². The molecule has 7 heteroatoms. The molecule has 1 N–H and O–H groups in total. The lowest BCUT2D eigenvalue weighted by molar-refractivity contribution is -0.123. The van der Waals surface area contributed by atoms with Crippen molar-refractivity contribution < 1.29 is 14.3 Å². The number of aromatic nitrogens is 1. The number of benzene rings is 1. The molecule has 3 rings (SSSR count). The van der Waals surface area contributed by atoms with E-state index < -0.39 is 0 Å². The molecule has 0 spiro atoms. The van der Waals surface area contributed by atoms with Crippen LogP contribution in [0.4, 0.5) is 0 Å². The fourth-order valence-corrected chi connectivity index (χ4v) is 2.60. The molecule has 114 valence electrons. The van der Waals surface area contributed by atoms with Gasteiger partial charge in [0.05, 0.1) is 11.1 Å². The summed E-state index contributed by atoms with van der Waals surface area (Å²) in [6, 6.07) is 8.28. The predicted octanol–water partition coefficient (Wildman–Crippen LogP) is 3.02. The maximum absolute atomic E-state index is 12.0. The summed E-state index contributed by atoms with van der Waals surface area (Å²) in [6.07, 6.45) is 1.65. The van der Waals surface area contributed by atoms with Crippen molar-refractivity contribution in [1.29, 1.82) is 0 Å². The van der Waals surface area contributed by atoms with E-state index in [1.54, 1.807) is 30.5 Å². The number of nitrogens with zero attached hydrogens (tertiary/aromatic N) is 1. The molecule has 1 amide bonds. The van der Waals surface area contributed by atoms with E-state index in [-0.39, 0.29) is 18.6 Å². The maximum atomic E-state index is 12.0. The van der Waals surface area contributed by atoms with Gasteiger partial charge in [0.25, 0.3) is 5.91 Å². The standard InChI is InChI=1S/C15H12Cl2N2O3/c16-9-3-4-13(11(17)6-9)21-8-14(20)19-12-7-22-15-10(12)2-1-5-18-15/h1-6,12H,7-8H2,(H,19,20). The zero-order valence-corrected chi connectivity index (χ0v) is 12.9. The summed E-state index contributed by atoms with van der Waals surface area (Å²) in [6.45, 7) is 0.216. The van der Waals surface area contributed by atoms with Gasteiger partial charge in [-0.15, -0.1) is 0 Å². The van der Waals surface area contributed by atoms with E-state index in [9.17, 15) is 4.79 Å². The van der Waals surface area contributed by atoms with Crippen molar-refractivity contribution in [2.24, 2.45) is 0 Å². The molecule has 2 aromatic rings. The van der Waals surface area contributed by atoms with Gasteiger partial charge in [-0.3, -0.25) is 4.79 Å². The first kappa shape index (κ1) is 14.9. The summed E-state index contributed by atoms with van der Waals surface area (Å²) in [7, 11) is 0. The maximum Gasteiger partial charge on any atom is 0.258 e. The molecule has 0 aliphatic carbocycles. The van der Waals surface area contributed by atoms with Crippen LogP contribution in [0.1, 0.15) is 11.6 Å². The van der Waals surface area contributed by atoms with Crippen LogP contribution in [0.25, 0.3) is 0 Å². The van der Waals surface area contributed by atoms with Crippen LogP contribution in [-0.2, 0) is 4.79 Å². The van der Waals surface area contributed by atoms with Gasteiger partial charge in [0.1, 0.15) is 12.4 Å². The fraction of sp³-hybridized carbons (Fsp3) is 0.200. The van der Waals surface area contributed by atoms with Crippen LogP contribution in [0.2, 0.25) is 10.0 Å². The van der Waals surface area contributed by atoms with Crippen LogP contribution >= 0.6 is 23.2 Å². The van der Waals surface area contributed by atoms with Crippen LogP contribution in [0.15, 0.2) is 36.5 Å². The minimum atomic E-state index is -0.267. The summed E-state index contributed by atoms with van der Waals surface area (Å²) in [5.74, 6) is 0.691. The van der Waals surface area contributed by atoms with E-state index in [1.165, 1.54) is 0 Å². The van der Waals surface area contributed by atoms with Crippen LogP contribution in [0, 0.1) is 0 Å². The largest absolute Gasteiger partial charge is 0.482 e. The Morgan fingerprint density at radius 1 is 1.41 bits per heavy atom. The molecule has 2 heterocycles. The molecule has 0 saturated carbocycles. The molecule has 1 aliphatic rings. The SMILES string of the molecule is O=C(COc1ccc(Cl)cc1Cl)NC1COc2ncccc21. The molecule has 0 saturated heterocycles. The lowest BCUT2D eigenvalue weighted by Crippen LogP contribution is -2.33. The van der Waals surface area contributed by atoms with Gasteiger partial charge in [0.2, 0.25) is 5.88 Å². The second-order valence-electron chi connectivity index (χ2n) is 4.69. The quantitative estimate of drug-likeness (QED) is 0.930. The molecule has 22 heavy (non-hydrogen) atoms. The second-order valence-corrected chi connectivity index (χ2v) is 5.54. The smallest absolute Gasteiger partial charge is 0.258 e. The predicted molar refractivity (Wildman–Crippen MR) is 82.6 cm³/mol. The van der Waals surface area contributed by atoms with Crippen LogP contribution < -0.4 is 14.8 Å². The van der Waals surface area contributed by atoms with E-state index in [4.69, 9.17) is 32.7 Å². The highest BCUT2D eigenvalue weighted by Gasteiger charge is 2.26. The molecular formula is C15H12Cl2N2O3. The first-order valence-electron chi connectivity index (χ1n) is 6.58. The first-order valence-corrected chi connectivity index (χ1v) is 7.34. The molecule has 1 aliphatic heterocycles.